The molecule has 13 heavy (non-hydrogen) atoms. The summed E-state index contributed by atoms with van der Waals surface area (Å²) in [4.78, 5) is 0. The van der Waals surface area contributed by atoms with Crippen molar-refractivity contribution in [3.8, 4) is 0 Å². The second-order valence-corrected chi connectivity index (χ2v) is 4.33. The van der Waals surface area contributed by atoms with Crippen molar-refractivity contribution in [1.29, 1.82) is 0 Å². The first-order valence-corrected chi connectivity index (χ1v) is 5.32. The molecule has 1 atom stereocenters. The number of fused-ring (bicyclic) bond motifs is 1. The normalized spacial score (nSPS) is 21.2. The van der Waals surface area contributed by atoms with Gasteiger partial charge in [0, 0.05) is 16.2 Å². The highest BCUT2D eigenvalue weighted by Gasteiger charge is 2.19. The van der Waals surface area contributed by atoms with Crippen molar-refractivity contribution in [2.75, 3.05) is 5.73 Å². The molecule has 0 amide bonds. The molecule has 0 bridgehead atoms. The summed E-state index contributed by atoms with van der Waals surface area (Å²) in [5, 5.41) is 0. The highest BCUT2D eigenvalue weighted by atomic mass is 79.9. The molecule has 1 aliphatic rings. The van der Waals surface area contributed by atoms with E-state index in [2.05, 4.69) is 22.0 Å². The lowest BCUT2D eigenvalue weighted by Crippen LogP contribution is -2.18. The summed E-state index contributed by atoms with van der Waals surface area (Å²) in [6, 6.07) is 4.17. The van der Waals surface area contributed by atoms with Crippen molar-refractivity contribution in [2.45, 2.75) is 25.3 Å². The van der Waals surface area contributed by atoms with E-state index in [1.54, 1.807) is 0 Å². The Labute approximate surface area is 86.4 Å². The molecule has 2 nitrogen and oxygen atoms in total. The lowest BCUT2D eigenvalue weighted by atomic mass is 9.88. The molecule has 0 radical (unpaired) electrons. The van der Waals surface area contributed by atoms with Crippen molar-refractivity contribution in [3.05, 3.63) is 27.7 Å². The molecule has 3 heteroatoms. The Morgan fingerprint density at radius 3 is 2.92 bits per heavy atom. The minimum Gasteiger partial charge on any atom is -0.398 e. The number of rotatable bonds is 0. The Morgan fingerprint density at radius 1 is 1.38 bits per heavy atom. The van der Waals surface area contributed by atoms with E-state index >= 15 is 0 Å². The quantitative estimate of drug-likeness (QED) is 0.685. The van der Waals surface area contributed by atoms with E-state index < -0.39 is 0 Å². The van der Waals surface area contributed by atoms with Crippen LogP contribution in [0.3, 0.4) is 0 Å². The molecule has 0 fully saturated rings. The highest BCUT2D eigenvalue weighted by molar-refractivity contribution is 9.10. The number of benzene rings is 1. The Bertz CT molecular complexity index is 336. The number of hydrogen-bond donors (Lipinski definition) is 2. The minimum absolute atomic E-state index is 0.195. The zero-order chi connectivity index (χ0) is 9.42. The zero-order valence-electron chi connectivity index (χ0n) is 7.39. The summed E-state index contributed by atoms with van der Waals surface area (Å²) < 4.78 is 1.04. The van der Waals surface area contributed by atoms with Crippen LogP contribution in [0.5, 0.6) is 0 Å². The van der Waals surface area contributed by atoms with Gasteiger partial charge in [0.15, 0.2) is 0 Å². The fourth-order valence-corrected chi connectivity index (χ4v) is 2.47. The van der Waals surface area contributed by atoms with Gasteiger partial charge in [0.1, 0.15) is 0 Å². The van der Waals surface area contributed by atoms with E-state index in [1.807, 2.05) is 6.07 Å². The van der Waals surface area contributed by atoms with Gasteiger partial charge in [-0.25, -0.2) is 0 Å². The summed E-state index contributed by atoms with van der Waals surface area (Å²) in [5.74, 6) is 0. The molecule has 0 saturated heterocycles. The lowest BCUT2D eigenvalue weighted by molar-refractivity contribution is 0.569. The van der Waals surface area contributed by atoms with Gasteiger partial charge < -0.3 is 11.5 Å². The first-order valence-electron chi connectivity index (χ1n) is 4.52. The van der Waals surface area contributed by atoms with E-state index in [4.69, 9.17) is 11.5 Å². The van der Waals surface area contributed by atoms with E-state index in [0.29, 0.717) is 0 Å². The fourth-order valence-electron chi connectivity index (χ4n) is 1.91. The SMILES string of the molecule is Nc1ccc2c(c1Br)CCC[C@@H]2N. The molecule has 0 saturated carbocycles. The average molecular weight is 241 g/mol. The van der Waals surface area contributed by atoms with Crippen molar-refractivity contribution in [3.63, 3.8) is 0 Å². The average Bonchev–Trinajstić information content (AvgIpc) is 2.12. The summed E-state index contributed by atoms with van der Waals surface area (Å²) in [5.41, 5.74) is 15.2. The second-order valence-electron chi connectivity index (χ2n) is 3.54. The minimum atomic E-state index is 0.195. The van der Waals surface area contributed by atoms with Crippen LogP contribution in [0.25, 0.3) is 0 Å². The van der Waals surface area contributed by atoms with Crippen LogP contribution < -0.4 is 11.5 Å². The number of hydrogen-bond acceptors (Lipinski definition) is 2. The predicted molar refractivity (Wildman–Crippen MR) is 58.4 cm³/mol. The first-order chi connectivity index (χ1) is 6.20. The summed E-state index contributed by atoms with van der Waals surface area (Å²) in [6.07, 6.45) is 3.34. The van der Waals surface area contributed by atoms with Crippen molar-refractivity contribution >= 4 is 21.6 Å². The standard InChI is InChI=1S/C10H13BrN2/c11-10-7-2-1-3-8(12)6(7)4-5-9(10)13/h4-5,8H,1-3,12-13H2/t8-/m0/s1. The van der Waals surface area contributed by atoms with Gasteiger partial charge in [0.05, 0.1) is 0 Å². The first kappa shape index (κ1) is 9.03. The predicted octanol–water partition coefficient (Wildman–Crippen LogP) is 2.37. The summed E-state index contributed by atoms with van der Waals surface area (Å²) in [7, 11) is 0. The Hall–Kier alpha value is -0.540. The van der Waals surface area contributed by atoms with Gasteiger partial charge in [-0.3, -0.25) is 0 Å². The molecule has 0 unspecified atom stereocenters. The van der Waals surface area contributed by atoms with Gasteiger partial charge in [-0.2, -0.15) is 0 Å². The molecule has 1 aliphatic carbocycles. The van der Waals surface area contributed by atoms with Gasteiger partial charge in [-0.1, -0.05) is 6.07 Å². The molecule has 0 heterocycles. The third-order valence-electron chi connectivity index (χ3n) is 2.65. The van der Waals surface area contributed by atoms with E-state index in [0.717, 1.165) is 29.4 Å². The Kier molecular flexibility index (Phi) is 2.30. The molecule has 1 aromatic carbocycles. The molecule has 70 valence electrons. The third kappa shape index (κ3) is 1.46. The molecule has 1 aromatic rings. The smallest absolute Gasteiger partial charge is 0.0461 e. The Morgan fingerprint density at radius 2 is 2.15 bits per heavy atom. The van der Waals surface area contributed by atoms with Crippen LogP contribution in [-0.4, -0.2) is 0 Å². The monoisotopic (exact) mass is 240 g/mol. The molecule has 2 rings (SSSR count). The van der Waals surface area contributed by atoms with Crippen LogP contribution >= 0.6 is 15.9 Å². The van der Waals surface area contributed by atoms with Gasteiger partial charge in [0.2, 0.25) is 0 Å². The maximum atomic E-state index is 6.00. The third-order valence-corrected chi connectivity index (χ3v) is 3.59. The largest absolute Gasteiger partial charge is 0.398 e. The van der Waals surface area contributed by atoms with E-state index in [1.165, 1.54) is 11.1 Å². The van der Waals surface area contributed by atoms with Gasteiger partial charge in [0.25, 0.3) is 0 Å². The van der Waals surface area contributed by atoms with Crippen LogP contribution in [0, 0.1) is 0 Å². The van der Waals surface area contributed by atoms with E-state index in [-0.39, 0.29) is 6.04 Å². The summed E-state index contributed by atoms with van der Waals surface area (Å²) in [6.45, 7) is 0. The molecular formula is C10H13BrN2. The number of anilines is 1. The van der Waals surface area contributed by atoms with Crippen molar-refractivity contribution < 1.29 is 0 Å². The second kappa shape index (κ2) is 3.31. The van der Waals surface area contributed by atoms with Crippen molar-refractivity contribution in [1.82, 2.24) is 0 Å². The molecular weight excluding hydrogens is 228 g/mol. The van der Waals surface area contributed by atoms with Crippen LogP contribution in [0.4, 0.5) is 5.69 Å². The molecule has 4 N–H and O–H groups in total. The maximum absolute atomic E-state index is 6.00. The molecule has 0 aromatic heterocycles. The topological polar surface area (TPSA) is 52.0 Å². The zero-order valence-corrected chi connectivity index (χ0v) is 8.97. The number of nitrogens with two attached hydrogens (primary N) is 2. The lowest BCUT2D eigenvalue weighted by Gasteiger charge is -2.23. The Balaban J connectivity index is 2.56. The molecule has 0 spiro atoms. The molecule has 0 aliphatic heterocycles. The van der Waals surface area contributed by atoms with E-state index in [9.17, 15) is 0 Å². The summed E-state index contributed by atoms with van der Waals surface area (Å²) >= 11 is 3.51. The van der Waals surface area contributed by atoms with Gasteiger partial charge >= 0.3 is 0 Å². The number of halogens is 1. The van der Waals surface area contributed by atoms with Crippen LogP contribution in [0.1, 0.15) is 30.0 Å². The van der Waals surface area contributed by atoms with Gasteiger partial charge in [-0.05, 0) is 52.4 Å². The van der Waals surface area contributed by atoms with Crippen LogP contribution in [0.15, 0.2) is 16.6 Å². The highest BCUT2D eigenvalue weighted by Crippen LogP contribution is 2.35. The van der Waals surface area contributed by atoms with Crippen molar-refractivity contribution in [2.24, 2.45) is 5.73 Å². The van der Waals surface area contributed by atoms with Gasteiger partial charge in [-0.15, -0.1) is 0 Å². The number of nitrogen functional groups attached to an aromatic ring is 1. The maximum Gasteiger partial charge on any atom is 0.0461 e. The fraction of sp³-hybridized carbons (Fsp3) is 0.400. The van der Waals surface area contributed by atoms with Crippen LogP contribution in [-0.2, 0) is 6.42 Å². The van der Waals surface area contributed by atoms with Crippen LogP contribution in [0.2, 0.25) is 0 Å².